The first-order chi connectivity index (χ1) is 9.37. The maximum atomic E-state index is 12.0. The zero-order chi connectivity index (χ0) is 14.8. The van der Waals surface area contributed by atoms with Gasteiger partial charge >= 0.3 is 0 Å². The number of para-hydroxylation sites is 1. The molecule has 1 aliphatic heterocycles. The van der Waals surface area contributed by atoms with Crippen LogP contribution in [-0.4, -0.2) is 46.1 Å². The first-order valence-electron chi connectivity index (χ1n) is 6.51. The largest absolute Gasteiger partial charge is 0.389 e. The van der Waals surface area contributed by atoms with E-state index in [9.17, 15) is 9.90 Å². The highest BCUT2D eigenvalue weighted by Crippen LogP contribution is 2.20. The van der Waals surface area contributed by atoms with Crippen LogP contribution < -0.4 is 11.1 Å². The number of carbonyl (C=O) groups excluding carboxylic acids is 1. The van der Waals surface area contributed by atoms with Crippen molar-refractivity contribution in [1.29, 1.82) is 0 Å². The van der Waals surface area contributed by atoms with Gasteiger partial charge in [0.05, 0.1) is 17.8 Å². The van der Waals surface area contributed by atoms with Crippen LogP contribution in [-0.2, 0) is 4.79 Å². The molecule has 20 heavy (non-hydrogen) atoms. The fourth-order valence-electron chi connectivity index (χ4n) is 2.37. The van der Waals surface area contributed by atoms with Crippen LogP contribution in [0.25, 0.3) is 0 Å². The van der Waals surface area contributed by atoms with Crippen LogP contribution in [0.4, 0.5) is 5.69 Å². The molecule has 0 aliphatic carbocycles. The first-order valence-corrected chi connectivity index (χ1v) is 6.92. The van der Waals surface area contributed by atoms with Gasteiger partial charge in [0, 0.05) is 18.7 Å². The monoisotopic (exact) mass is 293 g/mol. The fraction of sp³-hybridized carbons (Fsp3) is 0.429. The van der Waals surface area contributed by atoms with E-state index in [1.165, 1.54) is 0 Å². The highest BCUT2D eigenvalue weighted by atomic mass is 32.1. The predicted molar refractivity (Wildman–Crippen MR) is 82.6 cm³/mol. The molecule has 1 atom stereocenters. The number of hydrogen-bond acceptors (Lipinski definition) is 4. The Kier molecular flexibility index (Phi) is 4.37. The minimum atomic E-state index is -0.697. The van der Waals surface area contributed by atoms with Gasteiger partial charge in [0.15, 0.2) is 0 Å². The van der Waals surface area contributed by atoms with Crippen LogP contribution in [0.1, 0.15) is 18.9 Å². The minimum absolute atomic E-state index is 0.133. The van der Waals surface area contributed by atoms with Crippen molar-refractivity contribution in [2.45, 2.75) is 18.9 Å². The van der Waals surface area contributed by atoms with Gasteiger partial charge in [0.2, 0.25) is 5.91 Å². The number of likely N-dealkylation sites (tertiary alicyclic amines) is 1. The smallest absolute Gasteiger partial charge is 0.238 e. The summed E-state index contributed by atoms with van der Waals surface area (Å²) in [5, 5.41) is 12.7. The van der Waals surface area contributed by atoms with E-state index in [0.717, 1.165) is 6.54 Å². The summed E-state index contributed by atoms with van der Waals surface area (Å²) in [4.78, 5) is 14.2. The van der Waals surface area contributed by atoms with Crippen molar-refractivity contribution in [1.82, 2.24) is 4.90 Å². The zero-order valence-electron chi connectivity index (χ0n) is 11.4. The first kappa shape index (κ1) is 14.9. The molecule has 1 saturated heterocycles. The molecule has 1 heterocycles. The van der Waals surface area contributed by atoms with Crippen molar-refractivity contribution in [3.05, 3.63) is 29.8 Å². The average molecular weight is 293 g/mol. The van der Waals surface area contributed by atoms with Crippen LogP contribution in [0, 0.1) is 0 Å². The van der Waals surface area contributed by atoms with Crippen molar-refractivity contribution in [2.75, 3.05) is 25.0 Å². The number of anilines is 1. The average Bonchev–Trinajstić information content (AvgIpc) is 2.68. The molecule has 1 aromatic rings. The number of nitrogens with one attached hydrogen (secondary N) is 1. The highest BCUT2D eigenvalue weighted by Gasteiger charge is 2.32. The minimum Gasteiger partial charge on any atom is -0.389 e. The summed E-state index contributed by atoms with van der Waals surface area (Å²) in [6.07, 6.45) is 0.684. The van der Waals surface area contributed by atoms with E-state index in [1.54, 1.807) is 19.1 Å². The van der Waals surface area contributed by atoms with Gasteiger partial charge in [-0.25, -0.2) is 0 Å². The number of β-amino-alcohol motifs (C(OH)–C–C–N with tert-alkyl or cyclic N) is 1. The molecule has 1 unspecified atom stereocenters. The molecule has 0 spiro atoms. The van der Waals surface area contributed by atoms with Gasteiger partial charge in [0.1, 0.15) is 4.99 Å². The standard InChI is InChI=1S/C14H19N3O2S/c1-14(19)6-7-17(9-14)8-12(18)16-11-5-3-2-4-10(11)13(15)20/h2-5,19H,6-9H2,1H3,(H2,15,20)(H,16,18). The van der Waals surface area contributed by atoms with Gasteiger partial charge in [-0.3, -0.25) is 9.69 Å². The number of hydrogen-bond donors (Lipinski definition) is 3. The van der Waals surface area contributed by atoms with Gasteiger partial charge in [0.25, 0.3) is 0 Å². The van der Waals surface area contributed by atoms with E-state index in [4.69, 9.17) is 18.0 Å². The third kappa shape index (κ3) is 3.75. The van der Waals surface area contributed by atoms with Gasteiger partial charge in [-0.15, -0.1) is 0 Å². The van der Waals surface area contributed by atoms with Crippen molar-refractivity contribution in [3.63, 3.8) is 0 Å². The molecule has 2 rings (SSSR count). The molecule has 0 aromatic heterocycles. The Morgan fingerprint density at radius 2 is 2.25 bits per heavy atom. The molecule has 1 fully saturated rings. The molecule has 6 heteroatoms. The Hall–Kier alpha value is -1.50. The second kappa shape index (κ2) is 5.87. The summed E-state index contributed by atoms with van der Waals surface area (Å²) < 4.78 is 0. The highest BCUT2D eigenvalue weighted by molar-refractivity contribution is 7.80. The lowest BCUT2D eigenvalue weighted by molar-refractivity contribution is -0.117. The predicted octanol–water partition coefficient (Wildman–Crippen LogP) is 0.716. The lowest BCUT2D eigenvalue weighted by Crippen LogP contribution is -2.35. The van der Waals surface area contributed by atoms with Crippen LogP contribution in [0.5, 0.6) is 0 Å². The third-order valence-corrected chi connectivity index (χ3v) is 3.58. The molecule has 1 aromatic carbocycles. The number of aliphatic hydroxyl groups is 1. The molecule has 4 N–H and O–H groups in total. The SMILES string of the molecule is CC1(O)CCN(CC(=O)Nc2ccccc2C(N)=S)C1. The molecule has 1 aliphatic rings. The summed E-state index contributed by atoms with van der Waals surface area (Å²) >= 11 is 4.96. The number of rotatable bonds is 4. The van der Waals surface area contributed by atoms with Crippen molar-refractivity contribution >= 4 is 28.8 Å². The van der Waals surface area contributed by atoms with Crippen LogP contribution in [0.3, 0.4) is 0 Å². The Morgan fingerprint density at radius 1 is 1.55 bits per heavy atom. The zero-order valence-corrected chi connectivity index (χ0v) is 12.2. The van der Waals surface area contributed by atoms with E-state index < -0.39 is 5.60 Å². The van der Waals surface area contributed by atoms with Crippen LogP contribution in [0.2, 0.25) is 0 Å². The lowest BCUT2D eigenvalue weighted by atomic mass is 10.1. The molecule has 108 valence electrons. The van der Waals surface area contributed by atoms with Crippen molar-refractivity contribution in [3.8, 4) is 0 Å². The van der Waals surface area contributed by atoms with E-state index >= 15 is 0 Å². The van der Waals surface area contributed by atoms with Crippen LogP contribution in [0.15, 0.2) is 24.3 Å². The fourth-order valence-corrected chi connectivity index (χ4v) is 2.55. The van der Waals surface area contributed by atoms with E-state index in [0.29, 0.717) is 24.2 Å². The second-order valence-electron chi connectivity index (χ2n) is 5.42. The molecular formula is C14H19N3O2S. The molecule has 0 saturated carbocycles. The second-order valence-corrected chi connectivity index (χ2v) is 5.86. The summed E-state index contributed by atoms with van der Waals surface area (Å²) in [7, 11) is 0. The van der Waals surface area contributed by atoms with Gasteiger partial charge < -0.3 is 16.2 Å². The molecule has 1 amide bonds. The molecular weight excluding hydrogens is 274 g/mol. The molecule has 0 bridgehead atoms. The summed E-state index contributed by atoms with van der Waals surface area (Å²) in [6, 6.07) is 7.19. The Labute approximate surface area is 123 Å². The molecule has 5 nitrogen and oxygen atoms in total. The number of carbonyl (C=O) groups is 1. The van der Waals surface area contributed by atoms with Gasteiger partial charge in [-0.05, 0) is 25.5 Å². The molecule has 0 radical (unpaired) electrons. The normalized spacial score (nSPS) is 22.7. The Bertz CT molecular complexity index is 531. The maximum Gasteiger partial charge on any atom is 0.238 e. The Balaban J connectivity index is 1.97. The lowest BCUT2D eigenvalue weighted by Gasteiger charge is -2.18. The summed E-state index contributed by atoms with van der Waals surface area (Å²) in [5.74, 6) is -0.133. The number of nitrogens with zero attached hydrogens (tertiary/aromatic N) is 1. The van der Waals surface area contributed by atoms with E-state index in [1.807, 2.05) is 17.0 Å². The van der Waals surface area contributed by atoms with Gasteiger partial charge in [-0.2, -0.15) is 0 Å². The Morgan fingerprint density at radius 3 is 2.85 bits per heavy atom. The topological polar surface area (TPSA) is 78.6 Å². The maximum absolute atomic E-state index is 12.0. The van der Waals surface area contributed by atoms with Crippen molar-refractivity contribution < 1.29 is 9.90 Å². The quantitative estimate of drug-likeness (QED) is 0.713. The third-order valence-electron chi connectivity index (χ3n) is 3.36. The number of thiocarbonyl (C=S) groups is 1. The van der Waals surface area contributed by atoms with Gasteiger partial charge in [-0.1, -0.05) is 24.4 Å². The van der Waals surface area contributed by atoms with Crippen molar-refractivity contribution in [2.24, 2.45) is 5.73 Å². The number of benzene rings is 1. The van der Waals surface area contributed by atoms with Crippen LogP contribution >= 0.6 is 12.2 Å². The van der Waals surface area contributed by atoms with E-state index in [2.05, 4.69) is 5.32 Å². The number of amides is 1. The van der Waals surface area contributed by atoms with E-state index in [-0.39, 0.29) is 17.4 Å². The number of nitrogens with two attached hydrogens (primary N) is 1. The summed E-state index contributed by atoms with van der Waals surface area (Å²) in [6.45, 7) is 3.27. The summed E-state index contributed by atoms with van der Waals surface area (Å²) in [5.41, 5.74) is 6.21.